The van der Waals surface area contributed by atoms with Crippen molar-refractivity contribution in [2.24, 2.45) is 0 Å². The molecule has 0 radical (unpaired) electrons. The summed E-state index contributed by atoms with van der Waals surface area (Å²) < 4.78 is 26.9. The molecule has 7 heteroatoms. The Hall–Kier alpha value is -1.37. The Morgan fingerprint density at radius 3 is 2.50 bits per heavy atom. The summed E-state index contributed by atoms with van der Waals surface area (Å²) in [6.07, 6.45) is 0. The zero-order chi connectivity index (χ0) is 14.3. The van der Waals surface area contributed by atoms with Crippen LogP contribution in [0, 0.1) is 0 Å². The van der Waals surface area contributed by atoms with Crippen molar-refractivity contribution in [2.75, 3.05) is 0 Å². The van der Waals surface area contributed by atoms with Crippen LogP contribution in [0.1, 0.15) is 0 Å². The second-order valence-corrected chi connectivity index (χ2v) is 7.08. The van der Waals surface area contributed by atoms with Gasteiger partial charge in [-0.25, -0.2) is 17.4 Å². The molecule has 102 valence electrons. The zero-order valence-electron chi connectivity index (χ0n) is 9.99. The Morgan fingerprint density at radius 1 is 1.10 bits per heavy atom. The standard InChI is InChI=1S/C13H8BrClN2O2S/c14-11-8-9-6-7-12(15)16-13(9)17(11)20(18,19)10-4-2-1-3-5-10/h1-8H. The normalized spacial score (nSPS) is 11.9. The van der Waals surface area contributed by atoms with Gasteiger partial charge in [0.25, 0.3) is 10.0 Å². The molecular formula is C13H8BrClN2O2S. The van der Waals surface area contributed by atoms with E-state index in [9.17, 15) is 8.42 Å². The molecule has 0 saturated heterocycles. The highest BCUT2D eigenvalue weighted by Gasteiger charge is 2.22. The smallest absolute Gasteiger partial charge is 0.217 e. The molecule has 0 amide bonds. The van der Waals surface area contributed by atoms with Crippen LogP contribution in [0.15, 0.2) is 58.0 Å². The summed E-state index contributed by atoms with van der Waals surface area (Å²) in [5.41, 5.74) is 0.299. The molecule has 1 aromatic carbocycles. The molecule has 0 unspecified atom stereocenters. The maximum Gasteiger partial charge on any atom is 0.270 e. The zero-order valence-corrected chi connectivity index (χ0v) is 13.2. The second kappa shape index (κ2) is 4.87. The summed E-state index contributed by atoms with van der Waals surface area (Å²) in [4.78, 5) is 4.30. The minimum Gasteiger partial charge on any atom is -0.217 e. The number of halogens is 2. The topological polar surface area (TPSA) is 52.0 Å². The number of aromatic nitrogens is 2. The van der Waals surface area contributed by atoms with Crippen molar-refractivity contribution in [3.05, 3.63) is 58.3 Å². The van der Waals surface area contributed by atoms with E-state index >= 15 is 0 Å². The van der Waals surface area contributed by atoms with Crippen molar-refractivity contribution in [3.63, 3.8) is 0 Å². The molecule has 3 aromatic rings. The van der Waals surface area contributed by atoms with Gasteiger partial charge in [-0.1, -0.05) is 29.8 Å². The molecule has 3 rings (SSSR count). The van der Waals surface area contributed by atoms with E-state index in [1.807, 2.05) is 0 Å². The highest BCUT2D eigenvalue weighted by Crippen LogP contribution is 2.28. The van der Waals surface area contributed by atoms with E-state index in [1.165, 1.54) is 12.1 Å². The molecule has 2 heterocycles. The number of fused-ring (bicyclic) bond motifs is 1. The molecule has 2 aromatic heterocycles. The van der Waals surface area contributed by atoms with Gasteiger partial charge in [0.05, 0.1) is 4.90 Å². The third-order valence-corrected chi connectivity index (χ3v) is 5.56. The number of pyridine rings is 1. The molecule has 0 fully saturated rings. The van der Waals surface area contributed by atoms with Crippen LogP contribution >= 0.6 is 27.5 Å². The fourth-order valence-electron chi connectivity index (χ4n) is 1.93. The Balaban J connectivity index is 2.35. The summed E-state index contributed by atoms with van der Waals surface area (Å²) >= 11 is 9.13. The Kier molecular flexibility index (Phi) is 3.32. The lowest BCUT2D eigenvalue weighted by molar-refractivity contribution is 0.588. The summed E-state index contributed by atoms with van der Waals surface area (Å²) in [6.45, 7) is 0. The number of hydrogen-bond donors (Lipinski definition) is 0. The molecule has 20 heavy (non-hydrogen) atoms. The molecular weight excluding hydrogens is 364 g/mol. The van der Waals surface area contributed by atoms with Gasteiger partial charge in [-0.05, 0) is 46.3 Å². The predicted molar refractivity (Wildman–Crippen MR) is 81.5 cm³/mol. The lowest BCUT2D eigenvalue weighted by Gasteiger charge is -2.08. The van der Waals surface area contributed by atoms with Crippen molar-refractivity contribution < 1.29 is 8.42 Å². The third kappa shape index (κ3) is 2.13. The van der Waals surface area contributed by atoms with Gasteiger partial charge in [0.2, 0.25) is 0 Å². The molecule has 0 aliphatic carbocycles. The summed E-state index contributed by atoms with van der Waals surface area (Å²) in [6, 6.07) is 13.2. The van der Waals surface area contributed by atoms with E-state index < -0.39 is 10.0 Å². The number of benzene rings is 1. The van der Waals surface area contributed by atoms with Crippen LogP contribution in [0.2, 0.25) is 5.15 Å². The monoisotopic (exact) mass is 370 g/mol. The average molecular weight is 372 g/mol. The van der Waals surface area contributed by atoms with E-state index in [4.69, 9.17) is 11.6 Å². The first kappa shape index (κ1) is 13.6. The average Bonchev–Trinajstić information content (AvgIpc) is 2.75. The third-order valence-electron chi connectivity index (χ3n) is 2.81. The lowest BCUT2D eigenvalue weighted by Crippen LogP contribution is -2.13. The molecule has 0 aliphatic rings. The van der Waals surface area contributed by atoms with Crippen LogP contribution < -0.4 is 0 Å². The van der Waals surface area contributed by atoms with Crippen LogP contribution in [0.25, 0.3) is 11.0 Å². The highest BCUT2D eigenvalue weighted by atomic mass is 79.9. The molecule has 0 aliphatic heterocycles. The maximum atomic E-state index is 12.7. The SMILES string of the molecule is O=S(=O)(c1ccccc1)n1c(Br)cc2ccc(Cl)nc21. The fraction of sp³-hybridized carbons (Fsp3) is 0. The minimum atomic E-state index is -3.72. The van der Waals surface area contributed by atoms with Crippen LogP contribution in [0.3, 0.4) is 0 Å². The second-order valence-electron chi connectivity index (χ2n) is 4.10. The Morgan fingerprint density at radius 2 is 1.80 bits per heavy atom. The summed E-state index contributed by atoms with van der Waals surface area (Å²) in [5, 5.41) is 0.938. The van der Waals surface area contributed by atoms with Gasteiger partial charge in [0, 0.05) is 5.39 Å². The largest absolute Gasteiger partial charge is 0.270 e. The molecule has 0 bridgehead atoms. The van der Waals surface area contributed by atoms with E-state index in [1.54, 1.807) is 36.4 Å². The maximum absolute atomic E-state index is 12.7. The number of rotatable bonds is 2. The predicted octanol–water partition coefficient (Wildman–Crippen LogP) is 3.69. The van der Waals surface area contributed by atoms with Gasteiger partial charge in [-0.15, -0.1) is 0 Å². The van der Waals surface area contributed by atoms with Crippen LogP contribution in [-0.2, 0) is 10.0 Å². The van der Waals surface area contributed by atoms with E-state index in [0.29, 0.717) is 15.6 Å². The minimum absolute atomic E-state index is 0.194. The van der Waals surface area contributed by atoms with Gasteiger partial charge < -0.3 is 0 Å². The Labute approximate surface area is 129 Å². The van der Waals surface area contributed by atoms with Crippen LogP contribution in [0.4, 0.5) is 0 Å². The van der Waals surface area contributed by atoms with Crippen LogP contribution in [-0.4, -0.2) is 17.4 Å². The first-order chi connectivity index (χ1) is 9.50. The number of nitrogens with zero attached hydrogens (tertiary/aromatic N) is 2. The molecule has 4 nitrogen and oxygen atoms in total. The van der Waals surface area contributed by atoms with Gasteiger partial charge in [-0.3, -0.25) is 0 Å². The first-order valence-corrected chi connectivity index (χ1v) is 8.25. The number of hydrogen-bond acceptors (Lipinski definition) is 3. The van der Waals surface area contributed by atoms with Crippen molar-refractivity contribution in [1.82, 2.24) is 8.96 Å². The molecule has 0 N–H and O–H groups in total. The van der Waals surface area contributed by atoms with Crippen molar-refractivity contribution in [2.45, 2.75) is 4.90 Å². The summed E-state index contributed by atoms with van der Waals surface area (Å²) in [5.74, 6) is 0. The molecule has 0 spiro atoms. The summed E-state index contributed by atoms with van der Waals surface area (Å²) in [7, 11) is -3.72. The van der Waals surface area contributed by atoms with Gasteiger partial charge in [-0.2, -0.15) is 0 Å². The van der Waals surface area contributed by atoms with Crippen molar-refractivity contribution in [1.29, 1.82) is 0 Å². The van der Waals surface area contributed by atoms with Crippen LogP contribution in [0.5, 0.6) is 0 Å². The highest BCUT2D eigenvalue weighted by molar-refractivity contribution is 9.10. The fourth-order valence-corrected chi connectivity index (χ4v) is 4.42. The van der Waals surface area contributed by atoms with Gasteiger partial charge >= 0.3 is 0 Å². The van der Waals surface area contributed by atoms with Crippen molar-refractivity contribution in [3.8, 4) is 0 Å². The van der Waals surface area contributed by atoms with Crippen molar-refractivity contribution >= 4 is 48.6 Å². The Bertz CT molecular complexity index is 891. The van der Waals surface area contributed by atoms with E-state index in [2.05, 4.69) is 20.9 Å². The first-order valence-electron chi connectivity index (χ1n) is 5.64. The van der Waals surface area contributed by atoms with E-state index in [-0.39, 0.29) is 10.0 Å². The lowest BCUT2D eigenvalue weighted by atomic mass is 10.3. The molecule has 0 atom stereocenters. The van der Waals surface area contributed by atoms with E-state index in [0.717, 1.165) is 3.97 Å². The molecule has 0 saturated carbocycles. The quantitative estimate of drug-likeness (QED) is 0.646. The van der Waals surface area contributed by atoms with Gasteiger partial charge in [0.15, 0.2) is 5.65 Å². The van der Waals surface area contributed by atoms with Gasteiger partial charge in [0.1, 0.15) is 9.76 Å².